The molecule has 202 valence electrons. The molecule has 2 heterocycles. The van der Waals surface area contributed by atoms with E-state index in [-0.39, 0.29) is 30.7 Å². The Kier molecular flexibility index (Phi) is 12.8. The number of hydrogen-bond acceptors (Lipinski definition) is 4. The number of nitrogens with zero attached hydrogens (tertiary/aromatic N) is 4. The van der Waals surface area contributed by atoms with Crippen molar-refractivity contribution in [1.29, 1.82) is 0 Å². The molecule has 0 atom stereocenters. The van der Waals surface area contributed by atoms with E-state index in [1.54, 1.807) is 0 Å². The highest BCUT2D eigenvalue weighted by molar-refractivity contribution is 6.43. The van der Waals surface area contributed by atoms with E-state index in [1.165, 1.54) is 0 Å². The predicted molar refractivity (Wildman–Crippen MR) is 159 cm³/mol. The summed E-state index contributed by atoms with van der Waals surface area (Å²) in [6, 6.07) is 13.3. The lowest BCUT2D eigenvalue weighted by Crippen LogP contribution is -2.47. The molecule has 2 aromatic carbocycles. The van der Waals surface area contributed by atoms with Gasteiger partial charge in [0.05, 0.1) is 15.7 Å². The average molecular weight is 608 g/mol. The van der Waals surface area contributed by atoms with Gasteiger partial charge in [-0.25, -0.2) is 4.98 Å². The summed E-state index contributed by atoms with van der Waals surface area (Å²) in [6.45, 7) is 7.33. The molecule has 11 heteroatoms. The summed E-state index contributed by atoms with van der Waals surface area (Å²) in [5.41, 5.74) is 2.38. The molecule has 0 unspecified atom stereocenters. The van der Waals surface area contributed by atoms with Crippen LogP contribution in [0.4, 0.5) is 5.69 Å². The predicted octanol–water partition coefficient (Wildman–Crippen LogP) is 6.57. The van der Waals surface area contributed by atoms with Crippen molar-refractivity contribution in [3.8, 4) is 5.69 Å². The zero-order chi connectivity index (χ0) is 24.8. The molecule has 6 nitrogen and oxygen atoms in total. The third kappa shape index (κ3) is 8.16. The fraction of sp³-hybridized carbons (Fsp3) is 0.385. The molecule has 1 saturated heterocycles. The van der Waals surface area contributed by atoms with Gasteiger partial charge >= 0.3 is 0 Å². The van der Waals surface area contributed by atoms with Crippen molar-refractivity contribution in [2.45, 2.75) is 26.2 Å². The highest BCUT2D eigenvalue weighted by Gasteiger charge is 2.20. The van der Waals surface area contributed by atoms with Gasteiger partial charge in [0.25, 0.3) is 5.91 Å². The third-order valence-corrected chi connectivity index (χ3v) is 7.23. The number of carbonyl (C=O) groups is 1. The first kappa shape index (κ1) is 31.5. The molecule has 1 aliphatic heterocycles. The lowest BCUT2D eigenvalue weighted by atomic mass is 10.2. The smallest absolute Gasteiger partial charge is 0.271 e. The van der Waals surface area contributed by atoms with E-state index in [1.807, 2.05) is 53.2 Å². The molecule has 0 aliphatic carbocycles. The van der Waals surface area contributed by atoms with Crippen molar-refractivity contribution in [3.05, 3.63) is 75.2 Å². The van der Waals surface area contributed by atoms with Crippen LogP contribution in [0.5, 0.6) is 0 Å². The van der Waals surface area contributed by atoms with Gasteiger partial charge < -0.3 is 14.8 Å². The highest BCUT2D eigenvalue weighted by atomic mass is 35.5. The Bertz CT molecular complexity index is 1150. The van der Waals surface area contributed by atoms with Crippen LogP contribution in [0.2, 0.25) is 15.1 Å². The van der Waals surface area contributed by atoms with Crippen LogP contribution in [-0.2, 0) is 6.42 Å². The molecule has 1 aliphatic rings. The number of nitrogens with one attached hydrogen (secondary N) is 1. The molecule has 1 N–H and O–H groups in total. The SMILES string of the molecule is CCCc1nc(C(=O)NCCCN2CCN(c3cccc(Cl)c3Cl)CC2)cn1-c1ccc(Cl)cc1.Cl.Cl. The maximum absolute atomic E-state index is 12.8. The van der Waals surface area contributed by atoms with E-state index in [9.17, 15) is 4.79 Å². The Morgan fingerprint density at radius 3 is 2.38 bits per heavy atom. The summed E-state index contributed by atoms with van der Waals surface area (Å²) in [5, 5.41) is 4.91. The summed E-state index contributed by atoms with van der Waals surface area (Å²) in [7, 11) is 0. The fourth-order valence-electron chi connectivity index (χ4n) is 4.30. The summed E-state index contributed by atoms with van der Waals surface area (Å²) < 4.78 is 1.97. The molecule has 3 aromatic rings. The van der Waals surface area contributed by atoms with Crippen molar-refractivity contribution in [1.82, 2.24) is 19.8 Å². The van der Waals surface area contributed by atoms with Gasteiger partial charge in [-0.2, -0.15) is 0 Å². The lowest BCUT2D eigenvalue weighted by molar-refractivity contribution is 0.0946. The Morgan fingerprint density at radius 2 is 1.70 bits per heavy atom. The van der Waals surface area contributed by atoms with Crippen molar-refractivity contribution in [2.24, 2.45) is 0 Å². The first-order valence-corrected chi connectivity index (χ1v) is 13.1. The minimum atomic E-state index is -0.143. The topological polar surface area (TPSA) is 53.4 Å². The lowest BCUT2D eigenvalue weighted by Gasteiger charge is -2.36. The van der Waals surface area contributed by atoms with Gasteiger partial charge in [0, 0.05) is 56.1 Å². The molecule has 37 heavy (non-hydrogen) atoms. The van der Waals surface area contributed by atoms with E-state index < -0.39 is 0 Å². The van der Waals surface area contributed by atoms with Crippen LogP contribution in [0.1, 0.15) is 36.1 Å². The Labute approximate surface area is 246 Å². The number of benzene rings is 2. The summed E-state index contributed by atoms with van der Waals surface area (Å²) in [6.07, 6.45) is 4.43. The number of imidazole rings is 1. The molecule has 0 saturated carbocycles. The Morgan fingerprint density at radius 1 is 1.00 bits per heavy atom. The number of aromatic nitrogens is 2. The van der Waals surface area contributed by atoms with Crippen LogP contribution in [0, 0.1) is 0 Å². The third-order valence-electron chi connectivity index (χ3n) is 6.17. The number of carbonyl (C=O) groups excluding carboxylic acids is 1. The zero-order valence-electron chi connectivity index (χ0n) is 20.6. The van der Waals surface area contributed by atoms with Gasteiger partial charge in [-0.05, 0) is 55.8 Å². The van der Waals surface area contributed by atoms with E-state index in [4.69, 9.17) is 34.8 Å². The largest absolute Gasteiger partial charge is 0.368 e. The maximum atomic E-state index is 12.8. The molecule has 0 radical (unpaired) electrons. The van der Waals surface area contributed by atoms with Crippen LogP contribution >= 0.6 is 59.6 Å². The zero-order valence-corrected chi connectivity index (χ0v) is 24.5. The van der Waals surface area contributed by atoms with Crippen LogP contribution in [0.3, 0.4) is 0 Å². The second-order valence-electron chi connectivity index (χ2n) is 8.65. The van der Waals surface area contributed by atoms with Crippen LogP contribution in [-0.4, -0.2) is 59.6 Å². The second-order valence-corrected chi connectivity index (χ2v) is 9.87. The minimum Gasteiger partial charge on any atom is -0.368 e. The van der Waals surface area contributed by atoms with Gasteiger partial charge in [-0.15, -0.1) is 24.8 Å². The van der Waals surface area contributed by atoms with E-state index in [2.05, 4.69) is 27.0 Å². The number of halogens is 5. The van der Waals surface area contributed by atoms with Gasteiger partial charge in [-0.1, -0.05) is 47.8 Å². The Hall–Kier alpha value is -1.67. The van der Waals surface area contributed by atoms with Crippen molar-refractivity contribution >= 4 is 71.2 Å². The second kappa shape index (κ2) is 15.1. The van der Waals surface area contributed by atoms with Crippen molar-refractivity contribution < 1.29 is 4.79 Å². The molecule has 1 aromatic heterocycles. The van der Waals surface area contributed by atoms with Crippen LogP contribution in [0.15, 0.2) is 48.7 Å². The number of amides is 1. The quantitative estimate of drug-likeness (QED) is 0.280. The monoisotopic (exact) mass is 605 g/mol. The Balaban J connectivity index is 0.00000241. The molecule has 1 amide bonds. The van der Waals surface area contributed by atoms with E-state index in [0.717, 1.165) is 69.2 Å². The molecule has 4 rings (SSSR count). The summed E-state index contributed by atoms with van der Waals surface area (Å²) >= 11 is 18.6. The summed E-state index contributed by atoms with van der Waals surface area (Å²) in [5.74, 6) is 0.730. The number of rotatable bonds is 9. The molecule has 0 spiro atoms. The van der Waals surface area contributed by atoms with E-state index in [0.29, 0.717) is 27.3 Å². The van der Waals surface area contributed by atoms with Crippen molar-refractivity contribution in [2.75, 3.05) is 44.2 Å². The first-order valence-electron chi connectivity index (χ1n) is 12.0. The first-order chi connectivity index (χ1) is 17.0. The maximum Gasteiger partial charge on any atom is 0.271 e. The van der Waals surface area contributed by atoms with Gasteiger partial charge in [0.1, 0.15) is 11.5 Å². The number of hydrogen-bond donors (Lipinski definition) is 1. The normalized spacial score (nSPS) is 13.6. The van der Waals surface area contributed by atoms with Crippen LogP contribution in [0.25, 0.3) is 5.69 Å². The molecular formula is C26H32Cl5N5O. The average Bonchev–Trinajstić information content (AvgIpc) is 3.29. The minimum absolute atomic E-state index is 0. The number of anilines is 1. The molecule has 1 fully saturated rings. The molecule has 0 bridgehead atoms. The fourth-order valence-corrected chi connectivity index (χ4v) is 4.84. The standard InChI is InChI=1S/C26H30Cl3N5O.2ClH/c1-2-5-24-31-22(18-34(24)20-10-8-19(27)9-11-20)26(35)30-12-4-13-32-14-16-33(17-15-32)23-7-3-6-21(28)25(23)29;;/h3,6-11,18H,2,4-5,12-17H2,1H3,(H,30,35);2*1H. The van der Waals surface area contributed by atoms with Crippen molar-refractivity contribution in [3.63, 3.8) is 0 Å². The van der Waals surface area contributed by atoms with Gasteiger partial charge in [0.15, 0.2) is 0 Å². The highest BCUT2D eigenvalue weighted by Crippen LogP contribution is 2.32. The van der Waals surface area contributed by atoms with Crippen LogP contribution < -0.4 is 10.2 Å². The summed E-state index contributed by atoms with van der Waals surface area (Å²) in [4.78, 5) is 22.0. The number of piperazine rings is 1. The van der Waals surface area contributed by atoms with Gasteiger partial charge in [-0.3, -0.25) is 9.69 Å². The number of aryl methyl sites for hydroxylation is 1. The van der Waals surface area contributed by atoms with E-state index >= 15 is 0 Å². The molecular weight excluding hydrogens is 576 g/mol. The van der Waals surface area contributed by atoms with Gasteiger partial charge in [0.2, 0.25) is 0 Å².